The number of amides is 1. The van der Waals surface area contributed by atoms with E-state index in [2.05, 4.69) is 29.7 Å². The van der Waals surface area contributed by atoms with Gasteiger partial charge in [0.2, 0.25) is 5.91 Å². The Morgan fingerprint density at radius 3 is 2.85 bits per heavy atom. The van der Waals surface area contributed by atoms with Gasteiger partial charge in [-0.15, -0.1) is 0 Å². The number of hydrogen-bond acceptors (Lipinski definition) is 1. The molecule has 0 fully saturated rings. The van der Waals surface area contributed by atoms with Crippen molar-refractivity contribution in [2.24, 2.45) is 0 Å². The van der Waals surface area contributed by atoms with Crippen LogP contribution in [0.5, 0.6) is 0 Å². The summed E-state index contributed by atoms with van der Waals surface area (Å²) in [6, 6.07) is 6.32. The predicted octanol–water partition coefficient (Wildman–Crippen LogP) is 2.23. The molecule has 0 aliphatic carbocycles. The number of nitrogens with zero attached hydrogens (tertiary/aromatic N) is 2. The monoisotopic (exact) mass is 266 g/mol. The number of fused-ring (bicyclic) bond motifs is 3. The number of aryl methyl sites for hydroxylation is 1. The molecule has 0 saturated carbocycles. The molecule has 1 aliphatic heterocycles. The Kier molecular flexibility index (Phi) is 3.32. The molecule has 0 bridgehead atoms. The molecule has 1 aromatic heterocycles. The molecule has 0 unspecified atom stereocenters. The summed E-state index contributed by atoms with van der Waals surface area (Å²) in [5, 5.41) is 1.26. The normalized spacial score (nSPS) is 14.6. The fourth-order valence-electron chi connectivity index (χ4n) is 3.36. The molecule has 0 spiro atoms. The average Bonchev–Trinajstić information content (AvgIpc) is 2.80. The number of benzene rings is 1. The number of carbonyl (C=O) groups excluding carboxylic acids is 1. The summed E-state index contributed by atoms with van der Waals surface area (Å²) in [7, 11) is 5.90. The molecule has 0 N–H and O–H groups in total. The third-order valence-corrected chi connectivity index (χ3v) is 4.34. The van der Waals surface area contributed by atoms with Crippen molar-refractivity contribution in [1.29, 1.82) is 0 Å². The molecule has 4 heteroatoms. The summed E-state index contributed by atoms with van der Waals surface area (Å²) < 4.78 is 2.38. The van der Waals surface area contributed by atoms with E-state index in [0.717, 1.165) is 26.1 Å². The van der Waals surface area contributed by atoms with E-state index in [1.165, 1.54) is 27.7 Å². The molecule has 2 aromatic rings. The van der Waals surface area contributed by atoms with Crippen LogP contribution < -0.4 is 0 Å². The molecule has 3 nitrogen and oxygen atoms in total. The Morgan fingerprint density at radius 1 is 1.40 bits per heavy atom. The maximum absolute atomic E-state index is 11.6. The van der Waals surface area contributed by atoms with Crippen LogP contribution >= 0.6 is 0 Å². The summed E-state index contributed by atoms with van der Waals surface area (Å²) in [4.78, 5) is 13.6. The molecule has 0 saturated heterocycles. The van der Waals surface area contributed by atoms with Crippen molar-refractivity contribution in [3.63, 3.8) is 0 Å². The molecule has 0 atom stereocenters. The lowest BCUT2D eigenvalue weighted by molar-refractivity contribution is -0.129. The third kappa shape index (κ3) is 1.86. The van der Waals surface area contributed by atoms with Crippen LogP contribution in [-0.2, 0) is 30.6 Å². The SMILES string of the molecule is [B]Cc1cccc2c3c(n(CC)c12)CCN(C(C)=O)C3. The van der Waals surface area contributed by atoms with Crippen LogP contribution in [0.2, 0.25) is 0 Å². The minimum Gasteiger partial charge on any atom is -0.344 e. The number of hydrogen-bond donors (Lipinski definition) is 0. The summed E-state index contributed by atoms with van der Waals surface area (Å²) >= 11 is 0. The largest absolute Gasteiger partial charge is 0.344 e. The minimum absolute atomic E-state index is 0.156. The van der Waals surface area contributed by atoms with Crippen molar-refractivity contribution in [3.8, 4) is 0 Å². The van der Waals surface area contributed by atoms with Crippen LogP contribution in [0.25, 0.3) is 10.9 Å². The Hall–Kier alpha value is -1.71. The lowest BCUT2D eigenvalue weighted by Gasteiger charge is -2.27. The second-order valence-electron chi connectivity index (χ2n) is 5.38. The highest BCUT2D eigenvalue weighted by Gasteiger charge is 2.25. The summed E-state index contributed by atoms with van der Waals surface area (Å²) in [5.74, 6) is 0.156. The summed E-state index contributed by atoms with van der Waals surface area (Å²) in [6.45, 7) is 6.31. The summed E-state index contributed by atoms with van der Waals surface area (Å²) in [5.41, 5.74) is 5.13. The van der Waals surface area contributed by atoms with E-state index in [9.17, 15) is 4.79 Å². The highest BCUT2D eigenvalue weighted by atomic mass is 16.2. The van der Waals surface area contributed by atoms with Gasteiger partial charge in [-0.1, -0.05) is 24.5 Å². The zero-order chi connectivity index (χ0) is 14.3. The fraction of sp³-hybridized carbons (Fsp3) is 0.438. The molecule has 1 amide bonds. The van der Waals surface area contributed by atoms with Gasteiger partial charge in [0.15, 0.2) is 0 Å². The average molecular weight is 266 g/mol. The smallest absolute Gasteiger partial charge is 0.219 e. The molecule has 2 heterocycles. The van der Waals surface area contributed by atoms with Crippen molar-refractivity contribution in [2.45, 2.75) is 39.7 Å². The van der Waals surface area contributed by atoms with Crippen LogP contribution in [0.1, 0.15) is 30.7 Å². The van der Waals surface area contributed by atoms with E-state index in [1.54, 1.807) is 6.92 Å². The van der Waals surface area contributed by atoms with Gasteiger partial charge in [-0.2, -0.15) is 0 Å². The highest BCUT2D eigenvalue weighted by Crippen LogP contribution is 2.32. The topological polar surface area (TPSA) is 25.2 Å². The first-order valence-corrected chi connectivity index (χ1v) is 7.24. The van der Waals surface area contributed by atoms with Gasteiger partial charge < -0.3 is 9.47 Å². The van der Waals surface area contributed by atoms with Crippen molar-refractivity contribution in [2.75, 3.05) is 6.54 Å². The van der Waals surface area contributed by atoms with Gasteiger partial charge in [-0.3, -0.25) is 4.79 Å². The molecule has 2 radical (unpaired) electrons. The quantitative estimate of drug-likeness (QED) is 0.765. The van der Waals surface area contributed by atoms with E-state index >= 15 is 0 Å². The van der Waals surface area contributed by atoms with E-state index in [4.69, 9.17) is 7.85 Å². The fourth-order valence-corrected chi connectivity index (χ4v) is 3.36. The van der Waals surface area contributed by atoms with Gasteiger partial charge in [0.25, 0.3) is 0 Å². The zero-order valence-corrected chi connectivity index (χ0v) is 12.1. The van der Waals surface area contributed by atoms with Crippen molar-refractivity contribution < 1.29 is 4.79 Å². The van der Waals surface area contributed by atoms with Gasteiger partial charge in [0.1, 0.15) is 0 Å². The molecule has 1 aliphatic rings. The van der Waals surface area contributed by atoms with Gasteiger partial charge in [-0.05, 0) is 12.5 Å². The van der Waals surface area contributed by atoms with Gasteiger partial charge >= 0.3 is 0 Å². The Bertz CT molecular complexity index is 675. The maximum atomic E-state index is 11.6. The molecule has 1 aromatic carbocycles. The van der Waals surface area contributed by atoms with Crippen molar-refractivity contribution in [1.82, 2.24) is 9.47 Å². The van der Waals surface area contributed by atoms with Gasteiger partial charge in [0, 0.05) is 49.6 Å². The highest BCUT2D eigenvalue weighted by molar-refractivity contribution is 6.09. The first kappa shape index (κ1) is 13.3. The number of para-hydroxylation sites is 1. The molecular formula is C16H19BN2O. The van der Waals surface area contributed by atoms with Gasteiger partial charge in [-0.25, -0.2) is 0 Å². The van der Waals surface area contributed by atoms with Crippen molar-refractivity contribution >= 4 is 24.7 Å². The van der Waals surface area contributed by atoms with Gasteiger partial charge in [0.05, 0.1) is 13.4 Å². The first-order chi connectivity index (χ1) is 9.67. The Labute approximate surface area is 121 Å². The predicted molar refractivity (Wildman–Crippen MR) is 81.9 cm³/mol. The van der Waals surface area contributed by atoms with E-state index in [-0.39, 0.29) is 5.91 Å². The second kappa shape index (κ2) is 5.00. The first-order valence-electron chi connectivity index (χ1n) is 7.24. The molecule has 102 valence electrons. The van der Waals surface area contributed by atoms with Crippen molar-refractivity contribution in [3.05, 3.63) is 35.0 Å². The third-order valence-electron chi connectivity index (χ3n) is 4.34. The Balaban J connectivity index is 2.24. The standard InChI is InChI=1S/C16H19BN2O/c1-3-19-15-7-8-18(11(2)20)10-14(15)13-6-4-5-12(9-17)16(13)19/h4-6H,3,7-10H2,1-2H3. The molecular weight excluding hydrogens is 247 g/mol. The molecule has 20 heavy (non-hydrogen) atoms. The Morgan fingerprint density at radius 2 is 2.20 bits per heavy atom. The summed E-state index contributed by atoms with van der Waals surface area (Å²) in [6.07, 6.45) is 1.48. The van der Waals surface area contributed by atoms with Crippen LogP contribution in [0.3, 0.4) is 0 Å². The van der Waals surface area contributed by atoms with E-state index in [0.29, 0.717) is 6.32 Å². The van der Waals surface area contributed by atoms with Crippen LogP contribution in [-0.4, -0.2) is 29.8 Å². The number of rotatable bonds is 2. The number of aromatic nitrogens is 1. The lowest BCUT2D eigenvalue weighted by atomic mass is 9.94. The lowest BCUT2D eigenvalue weighted by Crippen LogP contribution is -2.34. The van der Waals surface area contributed by atoms with Crippen LogP contribution in [0, 0.1) is 0 Å². The second-order valence-corrected chi connectivity index (χ2v) is 5.38. The number of carbonyl (C=O) groups is 1. The molecule has 3 rings (SSSR count). The van der Waals surface area contributed by atoms with E-state index in [1.807, 2.05) is 4.90 Å². The van der Waals surface area contributed by atoms with E-state index < -0.39 is 0 Å². The van der Waals surface area contributed by atoms with Crippen LogP contribution in [0.15, 0.2) is 18.2 Å². The van der Waals surface area contributed by atoms with Crippen LogP contribution in [0.4, 0.5) is 0 Å². The maximum Gasteiger partial charge on any atom is 0.219 e. The minimum atomic E-state index is 0.156. The zero-order valence-electron chi connectivity index (χ0n) is 12.1.